The summed E-state index contributed by atoms with van der Waals surface area (Å²) in [6.07, 6.45) is 1.69. The second-order valence-corrected chi connectivity index (χ2v) is 7.06. The Bertz CT molecular complexity index is 1040. The number of hydrogen-bond acceptors (Lipinski definition) is 3. The molecule has 1 heterocycles. The molecule has 0 bridgehead atoms. The molecule has 0 saturated heterocycles. The topological polar surface area (TPSA) is 71.2 Å². The molecular formula is C20H18ClFN2O3. The van der Waals surface area contributed by atoms with E-state index in [9.17, 15) is 14.0 Å². The monoisotopic (exact) mass is 388 g/mol. The van der Waals surface area contributed by atoms with Crippen molar-refractivity contribution in [1.82, 2.24) is 4.98 Å². The minimum Gasteiger partial charge on any atom is -0.465 e. The quantitative estimate of drug-likeness (QED) is 0.638. The second kappa shape index (κ2) is 7.04. The van der Waals surface area contributed by atoms with E-state index in [1.54, 1.807) is 26.1 Å². The Labute approximate surface area is 160 Å². The van der Waals surface area contributed by atoms with E-state index in [1.807, 2.05) is 0 Å². The van der Waals surface area contributed by atoms with Crippen molar-refractivity contribution in [2.24, 2.45) is 0 Å². The zero-order chi connectivity index (χ0) is 19.8. The molecule has 0 radical (unpaired) electrons. The third-order valence-corrected chi connectivity index (χ3v) is 4.85. The first kappa shape index (κ1) is 18.9. The number of rotatable bonds is 4. The van der Waals surface area contributed by atoms with Crippen molar-refractivity contribution in [3.05, 3.63) is 64.6 Å². The van der Waals surface area contributed by atoms with Crippen LogP contribution in [0.3, 0.4) is 0 Å². The average Bonchev–Trinajstić information content (AvgIpc) is 3.06. The maximum atomic E-state index is 13.4. The normalized spacial score (nSPS) is 11.4. The smallest absolute Gasteiger partial charge is 0.337 e. The van der Waals surface area contributed by atoms with Crippen molar-refractivity contribution in [2.45, 2.75) is 19.3 Å². The molecular weight excluding hydrogens is 371 g/mol. The number of hydrogen-bond donors (Lipinski definition) is 2. The predicted molar refractivity (Wildman–Crippen MR) is 103 cm³/mol. The molecule has 2 aromatic carbocycles. The summed E-state index contributed by atoms with van der Waals surface area (Å²) in [5.74, 6) is -1.21. The van der Waals surface area contributed by atoms with Gasteiger partial charge in [-0.05, 0) is 55.8 Å². The van der Waals surface area contributed by atoms with E-state index >= 15 is 0 Å². The van der Waals surface area contributed by atoms with Gasteiger partial charge in [-0.3, -0.25) is 4.79 Å². The Hall–Kier alpha value is -2.86. The van der Waals surface area contributed by atoms with E-state index in [4.69, 9.17) is 16.3 Å². The first-order valence-electron chi connectivity index (χ1n) is 8.20. The van der Waals surface area contributed by atoms with E-state index in [0.717, 1.165) is 10.9 Å². The highest BCUT2D eigenvalue weighted by Crippen LogP contribution is 2.33. The van der Waals surface area contributed by atoms with Crippen LogP contribution in [0.5, 0.6) is 0 Å². The summed E-state index contributed by atoms with van der Waals surface area (Å²) in [4.78, 5) is 27.7. The summed E-state index contributed by atoms with van der Waals surface area (Å²) in [6.45, 7) is 3.51. The molecule has 5 nitrogen and oxygen atoms in total. The van der Waals surface area contributed by atoms with Crippen molar-refractivity contribution in [3.8, 4) is 0 Å². The van der Waals surface area contributed by atoms with E-state index in [2.05, 4.69) is 10.3 Å². The SMILES string of the molecule is COC(=O)c1ccc(Cl)c(NC(=O)C(C)(C)c2c[nH]c3cc(F)ccc23)c1. The molecule has 140 valence electrons. The fourth-order valence-corrected chi connectivity index (χ4v) is 3.05. The van der Waals surface area contributed by atoms with Crippen LogP contribution in [0.15, 0.2) is 42.6 Å². The first-order valence-corrected chi connectivity index (χ1v) is 8.58. The Kier molecular flexibility index (Phi) is 4.93. The number of aromatic nitrogens is 1. The van der Waals surface area contributed by atoms with Crippen LogP contribution < -0.4 is 5.32 Å². The maximum absolute atomic E-state index is 13.4. The number of amides is 1. The van der Waals surface area contributed by atoms with Crippen molar-refractivity contribution in [3.63, 3.8) is 0 Å². The van der Waals surface area contributed by atoms with Crippen LogP contribution in [0, 0.1) is 5.82 Å². The molecule has 0 unspecified atom stereocenters. The number of carbonyl (C=O) groups excluding carboxylic acids is 2. The molecule has 0 fully saturated rings. The van der Waals surface area contributed by atoms with Crippen molar-refractivity contribution >= 4 is 40.1 Å². The highest BCUT2D eigenvalue weighted by molar-refractivity contribution is 6.34. The Balaban J connectivity index is 1.94. The van der Waals surface area contributed by atoms with Crippen LogP contribution in [0.2, 0.25) is 5.02 Å². The van der Waals surface area contributed by atoms with Gasteiger partial charge in [-0.15, -0.1) is 0 Å². The number of esters is 1. The fraction of sp³-hybridized carbons (Fsp3) is 0.200. The molecule has 7 heteroatoms. The second-order valence-electron chi connectivity index (χ2n) is 6.66. The van der Waals surface area contributed by atoms with Gasteiger partial charge in [-0.1, -0.05) is 11.6 Å². The Morgan fingerprint density at radius 3 is 2.63 bits per heavy atom. The molecule has 3 rings (SSSR count). The molecule has 0 aliphatic rings. The molecule has 0 atom stereocenters. The molecule has 0 aliphatic heterocycles. The molecule has 1 amide bonds. The molecule has 0 spiro atoms. The number of ether oxygens (including phenoxy) is 1. The summed E-state index contributed by atoms with van der Waals surface area (Å²) < 4.78 is 18.1. The standard InChI is InChI=1S/C20H18ClFN2O3/c1-20(2,14-10-23-16-9-12(22)5-6-13(14)16)19(26)24-17-8-11(18(25)27-3)4-7-15(17)21/h4-10,23H,1-3H3,(H,24,26). The number of H-pyrrole nitrogens is 1. The van der Waals surface area contributed by atoms with Gasteiger partial charge in [0.2, 0.25) is 5.91 Å². The molecule has 0 aliphatic carbocycles. The van der Waals surface area contributed by atoms with Gasteiger partial charge in [0.15, 0.2) is 0 Å². The number of carbonyl (C=O) groups is 2. The van der Waals surface area contributed by atoms with E-state index in [1.165, 1.54) is 37.4 Å². The van der Waals surface area contributed by atoms with E-state index in [0.29, 0.717) is 16.2 Å². The molecule has 0 saturated carbocycles. The van der Waals surface area contributed by atoms with Crippen LogP contribution in [-0.4, -0.2) is 24.0 Å². The summed E-state index contributed by atoms with van der Waals surface area (Å²) in [7, 11) is 1.28. The molecule has 2 N–H and O–H groups in total. The number of fused-ring (bicyclic) bond motifs is 1. The lowest BCUT2D eigenvalue weighted by Gasteiger charge is -2.24. The van der Waals surface area contributed by atoms with Crippen molar-refractivity contribution in [2.75, 3.05) is 12.4 Å². The van der Waals surface area contributed by atoms with Crippen LogP contribution in [0.1, 0.15) is 29.8 Å². The number of halogens is 2. The lowest BCUT2D eigenvalue weighted by atomic mass is 9.83. The predicted octanol–water partition coefficient (Wildman–Crippen LogP) is 4.66. The van der Waals surface area contributed by atoms with Gasteiger partial charge in [0.25, 0.3) is 0 Å². The number of methoxy groups -OCH3 is 1. The highest BCUT2D eigenvalue weighted by Gasteiger charge is 2.32. The minimum atomic E-state index is -0.944. The van der Waals surface area contributed by atoms with Crippen molar-refractivity contribution < 1.29 is 18.7 Å². The first-order chi connectivity index (χ1) is 12.7. The summed E-state index contributed by atoms with van der Waals surface area (Å²) in [5, 5.41) is 3.82. The Morgan fingerprint density at radius 2 is 1.93 bits per heavy atom. The fourth-order valence-electron chi connectivity index (χ4n) is 2.88. The third-order valence-electron chi connectivity index (χ3n) is 4.52. The van der Waals surface area contributed by atoms with Gasteiger partial charge in [0.05, 0.1) is 28.8 Å². The lowest BCUT2D eigenvalue weighted by molar-refractivity contribution is -0.120. The van der Waals surface area contributed by atoms with Crippen LogP contribution in [-0.2, 0) is 14.9 Å². The lowest BCUT2D eigenvalue weighted by Crippen LogP contribution is -2.34. The van der Waals surface area contributed by atoms with Crippen LogP contribution in [0.4, 0.5) is 10.1 Å². The van der Waals surface area contributed by atoms with Crippen LogP contribution >= 0.6 is 11.6 Å². The Morgan fingerprint density at radius 1 is 1.19 bits per heavy atom. The van der Waals surface area contributed by atoms with E-state index in [-0.39, 0.29) is 17.3 Å². The molecule has 1 aromatic heterocycles. The third kappa shape index (κ3) is 3.53. The summed E-state index contributed by atoms with van der Waals surface area (Å²) >= 11 is 6.16. The number of nitrogens with one attached hydrogen (secondary N) is 2. The maximum Gasteiger partial charge on any atom is 0.337 e. The van der Waals surface area contributed by atoms with Gasteiger partial charge >= 0.3 is 5.97 Å². The van der Waals surface area contributed by atoms with Gasteiger partial charge in [-0.25, -0.2) is 9.18 Å². The highest BCUT2D eigenvalue weighted by atomic mass is 35.5. The van der Waals surface area contributed by atoms with Crippen molar-refractivity contribution in [1.29, 1.82) is 0 Å². The zero-order valence-electron chi connectivity index (χ0n) is 15.0. The largest absolute Gasteiger partial charge is 0.465 e. The molecule has 3 aromatic rings. The van der Waals surface area contributed by atoms with Gasteiger partial charge in [0, 0.05) is 17.1 Å². The molecule has 27 heavy (non-hydrogen) atoms. The van der Waals surface area contributed by atoms with Gasteiger partial charge in [-0.2, -0.15) is 0 Å². The number of benzene rings is 2. The summed E-state index contributed by atoms with van der Waals surface area (Å²) in [5.41, 5.74) is 0.966. The zero-order valence-corrected chi connectivity index (χ0v) is 15.8. The summed E-state index contributed by atoms with van der Waals surface area (Å²) in [6, 6.07) is 8.87. The van der Waals surface area contributed by atoms with E-state index < -0.39 is 11.4 Å². The average molecular weight is 389 g/mol. The number of aromatic amines is 1. The number of anilines is 1. The minimum absolute atomic E-state index is 0.276. The van der Waals surface area contributed by atoms with Crippen LogP contribution in [0.25, 0.3) is 10.9 Å². The van der Waals surface area contributed by atoms with Gasteiger partial charge in [0.1, 0.15) is 5.82 Å². The van der Waals surface area contributed by atoms with Gasteiger partial charge < -0.3 is 15.0 Å².